The van der Waals surface area contributed by atoms with E-state index in [1.807, 2.05) is 0 Å². The minimum Gasteiger partial charge on any atom is -0.356 e. The Morgan fingerprint density at radius 2 is 2.00 bits per heavy atom. The van der Waals surface area contributed by atoms with Crippen molar-refractivity contribution in [2.75, 3.05) is 33.7 Å². The smallest absolute Gasteiger partial charge is 0.243 e. The van der Waals surface area contributed by atoms with Crippen molar-refractivity contribution in [2.24, 2.45) is 10.9 Å². The molecule has 0 aliphatic heterocycles. The zero-order chi connectivity index (χ0) is 16.4. The van der Waals surface area contributed by atoms with Gasteiger partial charge in [-0.2, -0.15) is 0 Å². The van der Waals surface area contributed by atoms with Crippen LogP contribution in [0.1, 0.15) is 25.1 Å². The first-order valence-corrected chi connectivity index (χ1v) is 8.61. The highest BCUT2D eigenvalue weighted by Crippen LogP contribution is 2.07. The Kier molecular flexibility index (Phi) is 12.1. The van der Waals surface area contributed by atoms with Gasteiger partial charge in [0.1, 0.15) is 6.54 Å². The number of carbonyl (C=O) groups is 1. The fourth-order valence-electron chi connectivity index (χ4n) is 1.70. The molecule has 1 heterocycles. The number of aliphatic imine (C=N–C) groups is 1. The van der Waals surface area contributed by atoms with E-state index in [2.05, 4.69) is 47.0 Å². The van der Waals surface area contributed by atoms with Crippen LogP contribution in [-0.4, -0.2) is 50.5 Å². The number of thiophene rings is 1. The van der Waals surface area contributed by atoms with Crippen molar-refractivity contribution in [1.82, 2.24) is 15.5 Å². The quantitative estimate of drug-likeness (QED) is 0.362. The van der Waals surface area contributed by atoms with E-state index in [0.717, 1.165) is 25.9 Å². The van der Waals surface area contributed by atoms with Gasteiger partial charge in [-0.15, -0.1) is 35.3 Å². The molecule has 5 nitrogen and oxygen atoms in total. The molecule has 1 rings (SSSR count). The molecule has 0 radical (unpaired) electrons. The van der Waals surface area contributed by atoms with Crippen molar-refractivity contribution in [3.63, 3.8) is 0 Å². The number of halogens is 1. The van der Waals surface area contributed by atoms with Gasteiger partial charge in [-0.1, -0.05) is 19.9 Å². The Balaban J connectivity index is 0.00000484. The van der Waals surface area contributed by atoms with E-state index in [1.165, 1.54) is 4.88 Å². The van der Waals surface area contributed by atoms with E-state index in [-0.39, 0.29) is 36.4 Å². The summed E-state index contributed by atoms with van der Waals surface area (Å²) in [7, 11) is 3.49. The molecule has 7 heteroatoms. The van der Waals surface area contributed by atoms with Crippen LogP contribution in [0.15, 0.2) is 22.5 Å². The Labute approximate surface area is 161 Å². The van der Waals surface area contributed by atoms with E-state index < -0.39 is 0 Å². The maximum absolute atomic E-state index is 11.7. The van der Waals surface area contributed by atoms with Crippen LogP contribution in [0.5, 0.6) is 0 Å². The average Bonchev–Trinajstić information content (AvgIpc) is 2.96. The first-order chi connectivity index (χ1) is 10.5. The van der Waals surface area contributed by atoms with Gasteiger partial charge in [0.2, 0.25) is 5.91 Å². The summed E-state index contributed by atoms with van der Waals surface area (Å²) in [4.78, 5) is 18.9. The molecule has 0 aromatic carbocycles. The maximum atomic E-state index is 11.7. The minimum atomic E-state index is 0. The van der Waals surface area contributed by atoms with E-state index in [1.54, 1.807) is 30.3 Å². The van der Waals surface area contributed by atoms with Crippen LogP contribution in [-0.2, 0) is 11.2 Å². The van der Waals surface area contributed by atoms with Crippen LogP contribution in [0.3, 0.4) is 0 Å². The fraction of sp³-hybridized carbons (Fsp3) is 0.625. The van der Waals surface area contributed by atoms with E-state index in [4.69, 9.17) is 0 Å². The zero-order valence-electron chi connectivity index (χ0n) is 14.5. The third-order valence-corrected chi connectivity index (χ3v) is 4.07. The average molecular weight is 452 g/mol. The molecule has 23 heavy (non-hydrogen) atoms. The molecular weight excluding hydrogens is 423 g/mol. The summed E-state index contributed by atoms with van der Waals surface area (Å²) in [5.74, 6) is 1.36. The van der Waals surface area contributed by atoms with Crippen LogP contribution < -0.4 is 10.6 Å². The number of guanidine groups is 1. The van der Waals surface area contributed by atoms with Crippen LogP contribution in [0.2, 0.25) is 0 Å². The zero-order valence-corrected chi connectivity index (χ0v) is 17.6. The monoisotopic (exact) mass is 452 g/mol. The second-order valence-electron chi connectivity index (χ2n) is 5.82. The lowest BCUT2D eigenvalue weighted by atomic mass is 10.1. The summed E-state index contributed by atoms with van der Waals surface area (Å²) >= 11 is 1.76. The number of hydrogen-bond donors (Lipinski definition) is 2. The highest BCUT2D eigenvalue weighted by Gasteiger charge is 2.05. The number of nitrogens with zero attached hydrogens (tertiary/aromatic N) is 2. The molecule has 132 valence electrons. The minimum absolute atomic E-state index is 0. The molecule has 0 atom stereocenters. The number of carbonyl (C=O) groups excluding carboxylic acids is 1. The van der Waals surface area contributed by atoms with Crippen molar-refractivity contribution < 1.29 is 4.79 Å². The Hall–Kier alpha value is -0.830. The fourth-order valence-corrected chi connectivity index (χ4v) is 2.41. The van der Waals surface area contributed by atoms with Gasteiger partial charge >= 0.3 is 0 Å². The van der Waals surface area contributed by atoms with Gasteiger partial charge in [0.05, 0.1) is 0 Å². The number of nitrogens with one attached hydrogen (secondary N) is 2. The molecule has 0 aliphatic carbocycles. The lowest BCUT2D eigenvalue weighted by molar-refractivity contribution is -0.127. The normalized spacial score (nSPS) is 11.1. The Morgan fingerprint density at radius 1 is 1.30 bits per heavy atom. The topological polar surface area (TPSA) is 56.7 Å². The predicted octanol–water partition coefficient (Wildman–Crippen LogP) is 2.58. The highest BCUT2D eigenvalue weighted by atomic mass is 127. The standard InChI is InChI=1S/C16H28N4OS.HI/c1-13(2)7-9-17-16(19-12-15(21)20(3)4)18-10-8-14-6-5-11-22-14;/h5-6,11,13H,7-10,12H2,1-4H3,(H2,17,18,19);1H. The summed E-state index contributed by atoms with van der Waals surface area (Å²) in [6.07, 6.45) is 2.04. The lowest BCUT2D eigenvalue weighted by Crippen LogP contribution is -2.40. The molecule has 0 aliphatic rings. The molecule has 1 aromatic heterocycles. The van der Waals surface area contributed by atoms with Gasteiger partial charge in [-0.05, 0) is 30.2 Å². The molecular formula is C16H29IN4OS. The first-order valence-electron chi connectivity index (χ1n) is 7.73. The summed E-state index contributed by atoms with van der Waals surface area (Å²) in [5.41, 5.74) is 0. The van der Waals surface area contributed by atoms with Crippen molar-refractivity contribution >= 4 is 47.2 Å². The van der Waals surface area contributed by atoms with E-state index in [9.17, 15) is 4.79 Å². The molecule has 1 amide bonds. The molecule has 1 aromatic rings. The van der Waals surface area contributed by atoms with Gasteiger partial charge < -0.3 is 15.5 Å². The van der Waals surface area contributed by atoms with Crippen LogP contribution >= 0.6 is 35.3 Å². The van der Waals surface area contributed by atoms with E-state index in [0.29, 0.717) is 11.9 Å². The maximum Gasteiger partial charge on any atom is 0.243 e. The summed E-state index contributed by atoms with van der Waals surface area (Å²) in [6, 6.07) is 4.19. The van der Waals surface area contributed by atoms with E-state index >= 15 is 0 Å². The molecule has 0 spiro atoms. The number of likely N-dealkylation sites (N-methyl/N-ethyl adjacent to an activating group) is 1. The molecule has 0 saturated heterocycles. The second-order valence-corrected chi connectivity index (χ2v) is 6.85. The Morgan fingerprint density at radius 3 is 2.57 bits per heavy atom. The van der Waals surface area contributed by atoms with Crippen LogP contribution in [0.4, 0.5) is 0 Å². The van der Waals surface area contributed by atoms with Gasteiger partial charge in [0.25, 0.3) is 0 Å². The molecule has 0 fully saturated rings. The summed E-state index contributed by atoms with van der Waals surface area (Å²) in [6.45, 7) is 6.22. The van der Waals surface area contributed by atoms with Crippen molar-refractivity contribution in [3.05, 3.63) is 22.4 Å². The molecule has 0 unspecified atom stereocenters. The van der Waals surface area contributed by atoms with Gasteiger partial charge in [0.15, 0.2) is 5.96 Å². The lowest BCUT2D eigenvalue weighted by Gasteiger charge is -2.14. The van der Waals surface area contributed by atoms with Crippen molar-refractivity contribution in [1.29, 1.82) is 0 Å². The molecule has 0 bridgehead atoms. The van der Waals surface area contributed by atoms with Gasteiger partial charge in [-0.25, -0.2) is 4.99 Å². The molecule has 0 saturated carbocycles. The number of hydrogen-bond acceptors (Lipinski definition) is 3. The number of rotatable bonds is 8. The van der Waals surface area contributed by atoms with Crippen molar-refractivity contribution in [2.45, 2.75) is 26.7 Å². The highest BCUT2D eigenvalue weighted by molar-refractivity contribution is 14.0. The number of amides is 1. The Bertz CT molecular complexity index is 461. The van der Waals surface area contributed by atoms with Gasteiger partial charge in [0, 0.05) is 32.1 Å². The second kappa shape index (κ2) is 12.6. The molecule has 2 N–H and O–H groups in total. The summed E-state index contributed by atoms with van der Waals surface area (Å²) in [5, 5.41) is 8.68. The third kappa shape index (κ3) is 10.5. The predicted molar refractivity (Wildman–Crippen MR) is 110 cm³/mol. The largest absolute Gasteiger partial charge is 0.356 e. The summed E-state index contributed by atoms with van der Waals surface area (Å²) < 4.78 is 0. The van der Waals surface area contributed by atoms with Crippen molar-refractivity contribution in [3.8, 4) is 0 Å². The first kappa shape index (κ1) is 22.2. The van der Waals surface area contributed by atoms with Crippen LogP contribution in [0, 0.1) is 5.92 Å². The third-order valence-electron chi connectivity index (χ3n) is 3.13. The SMILES string of the molecule is CC(C)CCNC(=NCC(=O)N(C)C)NCCc1cccs1.I. The van der Waals surface area contributed by atoms with Gasteiger partial charge in [-0.3, -0.25) is 4.79 Å². The van der Waals surface area contributed by atoms with Crippen LogP contribution in [0.25, 0.3) is 0 Å².